The third kappa shape index (κ3) is 2.88. The van der Waals surface area contributed by atoms with Crippen LogP contribution < -0.4 is 0 Å². The van der Waals surface area contributed by atoms with E-state index in [1.165, 1.54) is 22.1 Å². The van der Waals surface area contributed by atoms with Crippen molar-refractivity contribution in [3.05, 3.63) is 94.6 Å². The van der Waals surface area contributed by atoms with Crippen LogP contribution in [0.2, 0.25) is 5.02 Å². The molecule has 0 bridgehead atoms. The fourth-order valence-electron chi connectivity index (χ4n) is 3.87. The minimum Gasteiger partial charge on any atom is -0.387 e. The molecular formula is C24H19ClN2O. The Morgan fingerprint density at radius 3 is 2.54 bits per heavy atom. The molecule has 28 heavy (non-hydrogen) atoms. The monoisotopic (exact) mass is 386 g/mol. The van der Waals surface area contributed by atoms with E-state index in [9.17, 15) is 0 Å². The molecule has 1 aliphatic rings. The predicted octanol–water partition coefficient (Wildman–Crippen LogP) is 6.66. The normalized spacial score (nSPS) is 16.2. The Balaban J connectivity index is 1.59. The molecule has 2 heterocycles. The lowest BCUT2D eigenvalue weighted by Crippen LogP contribution is -2.03. The van der Waals surface area contributed by atoms with E-state index in [1.54, 1.807) is 0 Å². The molecule has 1 N–H and O–H groups in total. The minimum absolute atomic E-state index is 0.0941. The fourth-order valence-corrected chi connectivity index (χ4v) is 3.99. The van der Waals surface area contributed by atoms with E-state index in [1.807, 2.05) is 30.3 Å². The Hall–Kier alpha value is -3.04. The highest BCUT2D eigenvalue weighted by atomic mass is 35.5. The molecule has 4 aromatic rings. The van der Waals surface area contributed by atoms with E-state index in [4.69, 9.17) is 16.4 Å². The SMILES string of the molecule is Cc1cccc2c(-c3ccccc3)c(C3=NOC(c4ccc(Cl)cc4)C3)[nH]c12. The standard InChI is InChI=1S/C24H19ClN2O/c1-15-6-5-9-19-22(17-7-3-2-4-8-17)24(26-23(15)19)20-14-21(28-27-20)16-10-12-18(25)13-11-16/h2-13,21,26H,14H2,1H3. The first-order valence-electron chi connectivity index (χ1n) is 9.36. The van der Waals surface area contributed by atoms with Crippen LogP contribution in [0.15, 0.2) is 78.0 Å². The van der Waals surface area contributed by atoms with Gasteiger partial charge in [-0.3, -0.25) is 0 Å². The van der Waals surface area contributed by atoms with Crippen LogP contribution in [-0.4, -0.2) is 10.7 Å². The fraction of sp³-hybridized carbons (Fsp3) is 0.125. The molecule has 1 aliphatic heterocycles. The summed E-state index contributed by atoms with van der Waals surface area (Å²) in [5.41, 5.74) is 7.77. The number of nitrogens with one attached hydrogen (secondary N) is 1. The van der Waals surface area contributed by atoms with Gasteiger partial charge in [0, 0.05) is 27.9 Å². The summed E-state index contributed by atoms with van der Waals surface area (Å²) in [7, 11) is 0. The average Bonchev–Trinajstić information content (AvgIpc) is 3.35. The highest BCUT2D eigenvalue weighted by Crippen LogP contribution is 2.38. The van der Waals surface area contributed by atoms with Gasteiger partial charge in [-0.1, -0.05) is 77.4 Å². The number of aromatic amines is 1. The highest BCUT2D eigenvalue weighted by Gasteiger charge is 2.28. The van der Waals surface area contributed by atoms with Gasteiger partial charge in [0.25, 0.3) is 0 Å². The maximum atomic E-state index is 6.02. The van der Waals surface area contributed by atoms with Gasteiger partial charge >= 0.3 is 0 Å². The quantitative estimate of drug-likeness (QED) is 0.419. The van der Waals surface area contributed by atoms with Crippen LogP contribution in [0.3, 0.4) is 0 Å². The van der Waals surface area contributed by atoms with Crippen molar-refractivity contribution in [3.63, 3.8) is 0 Å². The van der Waals surface area contributed by atoms with Crippen LogP contribution >= 0.6 is 11.6 Å². The van der Waals surface area contributed by atoms with Crippen LogP contribution in [0.4, 0.5) is 0 Å². The Kier molecular flexibility index (Phi) is 4.18. The van der Waals surface area contributed by atoms with E-state index in [0.717, 1.165) is 27.5 Å². The Morgan fingerprint density at radius 1 is 0.964 bits per heavy atom. The largest absolute Gasteiger partial charge is 0.387 e. The van der Waals surface area contributed by atoms with E-state index >= 15 is 0 Å². The number of halogens is 1. The Bertz CT molecular complexity index is 1180. The van der Waals surface area contributed by atoms with Crippen LogP contribution in [0.25, 0.3) is 22.0 Å². The number of nitrogens with zero attached hydrogens (tertiary/aromatic N) is 1. The number of hydrogen-bond acceptors (Lipinski definition) is 2. The molecule has 3 aromatic carbocycles. The van der Waals surface area contributed by atoms with Crippen LogP contribution in [0.1, 0.15) is 29.3 Å². The maximum Gasteiger partial charge on any atom is 0.158 e. The molecule has 0 amide bonds. The van der Waals surface area contributed by atoms with Gasteiger partial charge in [0.1, 0.15) is 5.71 Å². The molecule has 0 aliphatic carbocycles. The molecule has 138 valence electrons. The Morgan fingerprint density at radius 2 is 1.75 bits per heavy atom. The van der Waals surface area contributed by atoms with Crippen molar-refractivity contribution < 1.29 is 4.84 Å². The number of aromatic nitrogens is 1. The van der Waals surface area contributed by atoms with Crippen LogP contribution in [0.5, 0.6) is 0 Å². The molecule has 0 saturated heterocycles. The van der Waals surface area contributed by atoms with E-state index in [-0.39, 0.29) is 6.10 Å². The van der Waals surface area contributed by atoms with E-state index in [2.05, 4.69) is 59.5 Å². The lowest BCUT2D eigenvalue weighted by molar-refractivity contribution is 0.0857. The molecule has 4 heteroatoms. The summed E-state index contributed by atoms with van der Waals surface area (Å²) in [6, 6.07) is 24.6. The molecule has 1 unspecified atom stereocenters. The molecule has 5 rings (SSSR count). The first-order valence-corrected chi connectivity index (χ1v) is 9.74. The molecule has 1 atom stereocenters. The summed E-state index contributed by atoms with van der Waals surface area (Å²) in [4.78, 5) is 9.41. The molecule has 0 saturated carbocycles. The smallest absolute Gasteiger partial charge is 0.158 e. The molecule has 1 aromatic heterocycles. The van der Waals surface area contributed by atoms with Gasteiger partial charge in [0.05, 0.1) is 5.69 Å². The second-order valence-corrected chi connectivity index (χ2v) is 7.56. The molecule has 0 fully saturated rings. The molecule has 0 radical (unpaired) electrons. The zero-order valence-electron chi connectivity index (χ0n) is 15.4. The second kappa shape index (κ2) is 6.84. The summed E-state index contributed by atoms with van der Waals surface area (Å²) >= 11 is 6.02. The van der Waals surface area contributed by atoms with Gasteiger partial charge < -0.3 is 9.82 Å². The van der Waals surface area contributed by atoms with Crippen LogP contribution in [0, 0.1) is 6.92 Å². The summed E-state index contributed by atoms with van der Waals surface area (Å²) < 4.78 is 0. The maximum absolute atomic E-state index is 6.02. The number of hydrogen-bond donors (Lipinski definition) is 1. The first kappa shape index (κ1) is 17.1. The van der Waals surface area contributed by atoms with Gasteiger partial charge in [0.2, 0.25) is 0 Å². The van der Waals surface area contributed by atoms with Crippen molar-refractivity contribution in [1.82, 2.24) is 4.98 Å². The first-order chi connectivity index (χ1) is 13.7. The van der Waals surface area contributed by atoms with Crippen molar-refractivity contribution in [2.24, 2.45) is 5.16 Å². The summed E-state index contributed by atoms with van der Waals surface area (Å²) in [6.45, 7) is 2.13. The number of para-hydroxylation sites is 1. The van der Waals surface area contributed by atoms with Gasteiger partial charge in [-0.05, 0) is 35.7 Å². The lowest BCUT2D eigenvalue weighted by Gasteiger charge is -2.08. The molecular weight excluding hydrogens is 368 g/mol. The zero-order valence-corrected chi connectivity index (χ0v) is 16.2. The van der Waals surface area contributed by atoms with Crippen molar-refractivity contribution >= 4 is 28.2 Å². The topological polar surface area (TPSA) is 37.4 Å². The van der Waals surface area contributed by atoms with E-state index < -0.39 is 0 Å². The molecule has 3 nitrogen and oxygen atoms in total. The van der Waals surface area contributed by atoms with Crippen molar-refractivity contribution in [2.75, 3.05) is 0 Å². The Labute approximate surface area is 168 Å². The predicted molar refractivity (Wildman–Crippen MR) is 115 cm³/mol. The summed E-state index contributed by atoms with van der Waals surface area (Å²) in [5, 5.41) is 6.38. The van der Waals surface area contributed by atoms with Gasteiger partial charge in [-0.2, -0.15) is 0 Å². The van der Waals surface area contributed by atoms with Crippen molar-refractivity contribution in [2.45, 2.75) is 19.4 Å². The number of aryl methyl sites for hydroxylation is 1. The third-order valence-electron chi connectivity index (χ3n) is 5.30. The van der Waals surface area contributed by atoms with Crippen molar-refractivity contribution in [3.8, 4) is 11.1 Å². The van der Waals surface area contributed by atoms with Crippen LogP contribution in [-0.2, 0) is 4.84 Å². The minimum atomic E-state index is -0.0941. The third-order valence-corrected chi connectivity index (χ3v) is 5.56. The highest BCUT2D eigenvalue weighted by molar-refractivity contribution is 6.30. The summed E-state index contributed by atoms with van der Waals surface area (Å²) in [5.74, 6) is 0. The number of H-pyrrole nitrogens is 1. The number of oxime groups is 1. The van der Waals surface area contributed by atoms with E-state index in [0.29, 0.717) is 6.42 Å². The van der Waals surface area contributed by atoms with Gasteiger partial charge in [-0.15, -0.1) is 0 Å². The second-order valence-electron chi connectivity index (χ2n) is 7.13. The van der Waals surface area contributed by atoms with Crippen molar-refractivity contribution in [1.29, 1.82) is 0 Å². The van der Waals surface area contributed by atoms with Gasteiger partial charge in [0.15, 0.2) is 6.10 Å². The lowest BCUT2D eigenvalue weighted by atomic mass is 9.96. The zero-order chi connectivity index (χ0) is 19.1. The molecule has 0 spiro atoms. The number of rotatable bonds is 3. The number of benzene rings is 3. The number of fused-ring (bicyclic) bond motifs is 1. The van der Waals surface area contributed by atoms with Gasteiger partial charge in [-0.25, -0.2) is 0 Å². The summed E-state index contributed by atoms with van der Waals surface area (Å²) in [6.07, 6.45) is 0.622. The average molecular weight is 387 g/mol.